The van der Waals surface area contributed by atoms with Gasteiger partial charge in [-0.2, -0.15) is 0 Å². The number of rotatable bonds is 2. The molecule has 0 spiro atoms. The van der Waals surface area contributed by atoms with Crippen molar-refractivity contribution in [3.05, 3.63) is 145 Å². The van der Waals surface area contributed by atoms with E-state index in [9.17, 15) is 0 Å². The van der Waals surface area contributed by atoms with E-state index in [-0.39, 0.29) is 5.41 Å². The monoisotopic (exact) mass is 560 g/mol. The average Bonchev–Trinajstić information content (AvgIpc) is 3.55. The lowest BCUT2D eigenvalue weighted by Crippen LogP contribution is -2.14. The van der Waals surface area contributed by atoms with Crippen molar-refractivity contribution in [2.75, 3.05) is 0 Å². The molecule has 0 aliphatic heterocycles. The molecule has 0 amide bonds. The van der Waals surface area contributed by atoms with E-state index >= 15 is 0 Å². The first-order valence-corrected chi connectivity index (χ1v) is 15.4. The molecular formula is C43H28O. The Kier molecular flexibility index (Phi) is 4.58. The number of hydrogen-bond acceptors (Lipinski definition) is 1. The quantitative estimate of drug-likeness (QED) is 0.151. The van der Waals surface area contributed by atoms with E-state index in [1.807, 2.05) is 6.07 Å². The number of hydrogen-bond donors (Lipinski definition) is 0. The van der Waals surface area contributed by atoms with Gasteiger partial charge in [-0.25, -0.2) is 0 Å². The van der Waals surface area contributed by atoms with Gasteiger partial charge >= 0.3 is 0 Å². The van der Waals surface area contributed by atoms with Crippen LogP contribution in [0.25, 0.3) is 87.3 Å². The van der Waals surface area contributed by atoms with Crippen LogP contribution in [0.1, 0.15) is 25.0 Å². The van der Waals surface area contributed by atoms with Crippen molar-refractivity contribution >= 4 is 65.0 Å². The van der Waals surface area contributed by atoms with Gasteiger partial charge in [0.25, 0.3) is 0 Å². The fourth-order valence-electron chi connectivity index (χ4n) is 8.25. The molecule has 0 fully saturated rings. The zero-order valence-corrected chi connectivity index (χ0v) is 24.6. The molecule has 44 heavy (non-hydrogen) atoms. The molecule has 1 aromatic heterocycles. The highest BCUT2D eigenvalue weighted by molar-refractivity contribution is 6.27. The van der Waals surface area contributed by atoms with Crippen molar-refractivity contribution in [1.29, 1.82) is 0 Å². The number of furan rings is 1. The lowest BCUT2D eigenvalue weighted by atomic mass is 9.81. The second-order valence-electron chi connectivity index (χ2n) is 12.8. The minimum Gasteiger partial charge on any atom is -0.456 e. The van der Waals surface area contributed by atoms with Crippen LogP contribution in [0.2, 0.25) is 0 Å². The third kappa shape index (κ3) is 2.99. The Morgan fingerprint density at radius 2 is 1.00 bits per heavy atom. The minimum absolute atomic E-state index is 0.0239. The molecule has 1 heteroatoms. The van der Waals surface area contributed by atoms with Crippen LogP contribution in [0.4, 0.5) is 0 Å². The Bertz CT molecular complexity index is 2630. The Hall–Kier alpha value is -5.40. The molecule has 0 unspecified atom stereocenters. The molecule has 1 heterocycles. The number of para-hydroxylation sites is 1. The molecule has 0 saturated carbocycles. The lowest BCUT2D eigenvalue weighted by Gasteiger charge is -2.21. The summed E-state index contributed by atoms with van der Waals surface area (Å²) in [4.78, 5) is 0. The van der Waals surface area contributed by atoms with E-state index in [0.717, 1.165) is 21.9 Å². The van der Waals surface area contributed by atoms with E-state index in [1.54, 1.807) is 0 Å². The molecule has 1 aliphatic rings. The topological polar surface area (TPSA) is 13.1 Å². The first-order valence-electron chi connectivity index (χ1n) is 15.4. The van der Waals surface area contributed by atoms with Crippen LogP contribution in [0.3, 0.4) is 0 Å². The molecule has 206 valence electrons. The smallest absolute Gasteiger partial charge is 0.135 e. The van der Waals surface area contributed by atoms with Crippen molar-refractivity contribution in [1.82, 2.24) is 0 Å². The average molecular weight is 561 g/mol. The molecular weight excluding hydrogens is 532 g/mol. The summed E-state index contributed by atoms with van der Waals surface area (Å²) in [5.41, 5.74) is 9.77. The van der Waals surface area contributed by atoms with E-state index in [1.165, 1.54) is 76.5 Å². The summed E-state index contributed by atoms with van der Waals surface area (Å²) in [6.45, 7) is 4.74. The molecule has 1 nitrogen and oxygen atoms in total. The molecule has 8 aromatic carbocycles. The van der Waals surface area contributed by atoms with Gasteiger partial charge in [0, 0.05) is 16.2 Å². The lowest BCUT2D eigenvalue weighted by molar-refractivity contribution is 0.663. The molecule has 9 aromatic rings. The second-order valence-corrected chi connectivity index (χ2v) is 12.8. The zero-order chi connectivity index (χ0) is 29.2. The first-order chi connectivity index (χ1) is 21.6. The van der Waals surface area contributed by atoms with E-state index in [0.29, 0.717) is 0 Å². The fraction of sp³-hybridized carbons (Fsp3) is 0.0698. The molecule has 10 rings (SSSR count). The van der Waals surface area contributed by atoms with Gasteiger partial charge in [-0.05, 0) is 101 Å². The molecule has 1 aliphatic carbocycles. The maximum Gasteiger partial charge on any atom is 0.135 e. The summed E-state index contributed by atoms with van der Waals surface area (Å²) in [5.74, 6) is 0. The van der Waals surface area contributed by atoms with Crippen LogP contribution >= 0.6 is 0 Å². The summed E-state index contributed by atoms with van der Waals surface area (Å²) in [6, 6.07) is 49.2. The predicted octanol–water partition coefficient (Wildman–Crippen LogP) is 12.2. The SMILES string of the molecule is CC1(C)c2cccc3cc(-c4c5ccccc5c(-c5ccc6oc7ccccc7c6c5)c5ccccc45)c4cccc1c4c23. The highest BCUT2D eigenvalue weighted by Gasteiger charge is 2.34. The van der Waals surface area contributed by atoms with Crippen molar-refractivity contribution in [3.8, 4) is 22.3 Å². The predicted molar refractivity (Wildman–Crippen MR) is 187 cm³/mol. The Morgan fingerprint density at radius 1 is 0.432 bits per heavy atom. The molecule has 0 radical (unpaired) electrons. The summed E-state index contributed by atoms with van der Waals surface area (Å²) in [7, 11) is 0. The summed E-state index contributed by atoms with van der Waals surface area (Å²) in [6.07, 6.45) is 0. The maximum atomic E-state index is 6.20. The highest BCUT2D eigenvalue weighted by atomic mass is 16.3. The van der Waals surface area contributed by atoms with Gasteiger partial charge in [-0.3, -0.25) is 0 Å². The van der Waals surface area contributed by atoms with E-state index in [4.69, 9.17) is 4.42 Å². The minimum atomic E-state index is -0.0239. The van der Waals surface area contributed by atoms with Gasteiger partial charge in [0.1, 0.15) is 11.2 Å². The van der Waals surface area contributed by atoms with Crippen molar-refractivity contribution in [2.24, 2.45) is 0 Å². The Balaban J connectivity index is 1.36. The molecule has 0 bridgehead atoms. The van der Waals surface area contributed by atoms with Gasteiger partial charge < -0.3 is 4.42 Å². The highest BCUT2D eigenvalue weighted by Crippen LogP contribution is 2.53. The van der Waals surface area contributed by atoms with Crippen LogP contribution in [0, 0.1) is 0 Å². The van der Waals surface area contributed by atoms with Crippen LogP contribution < -0.4 is 0 Å². The molecule has 0 saturated heterocycles. The Morgan fingerprint density at radius 3 is 1.73 bits per heavy atom. The second kappa shape index (κ2) is 8.36. The van der Waals surface area contributed by atoms with Gasteiger partial charge in [-0.1, -0.05) is 123 Å². The first kappa shape index (κ1) is 24.1. The largest absolute Gasteiger partial charge is 0.456 e. The van der Waals surface area contributed by atoms with Crippen molar-refractivity contribution < 1.29 is 4.42 Å². The fourth-order valence-corrected chi connectivity index (χ4v) is 8.25. The summed E-state index contributed by atoms with van der Waals surface area (Å²) >= 11 is 0. The molecule has 0 atom stereocenters. The third-order valence-electron chi connectivity index (χ3n) is 10.2. The number of benzene rings is 8. The van der Waals surface area contributed by atoms with Crippen molar-refractivity contribution in [2.45, 2.75) is 19.3 Å². The van der Waals surface area contributed by atoms with Crippen LogP contribution in [-0.4, -0.2) is 0 Å². The van der Waals surface area contributed by atoms with Gasteiger partial charge in [0.2, 0.25) is 0 Å². The summed E-state index contributed by atoms with van der Waals surface area (Å²) < 4.78 is 6.20. The van der Waals surface area contributed by atoms with E-state index in [2.05, 4.69) is 141 Å². The van der Waals surface area contributed by atoms with E-state index < -0.39 is 0 Å². The zero-order valence-electron chi connectivity index (χ0n) is 24.6. The normalized spacial score (nSPS) is 13.9. The molecule has 0 N–H and O–H groups in total. The van der Waals surface area contributed by atoms with Gasteiger partial charge in [-0.15, -0.1) is 0 Å². The van der Waals surface area contributed by atoms with Gasteiger partial charge in [0.05, 0.1) is 0 Å². The third-order valence-corrected chi connectivity index (χ3v) is 10.2. The van der Waals surface area contributed by atoms with Crippen LogP contribution in [0.5, 0.6) is 0 Å². The maximum absolute atomic E-state index is 6.20. The number of fused-ring (bicyclic) bond motifs is 5. The summed E-state index contributed by atoms with van der Waals surface area (Å²) in [5, 5.41) is 12.9. The van der Waals surface area contributed by atoms with Crippen LogP contribution in [0.15, 0.2) is 138 Å². The Labute approximate surface area is 255 Å². The van der Waals surface area contributed by atoms with Crippen LogP contribution in [-0.2, 0) is 5.41 Å². The standard InChI is InChI=1S/C43H28O/c1-43(2)35-18-9-11-25-24-34(32-17-10-19-36(43)42(32)40(25)35)41-30-15-5-3-13-28(30)39(29-14-4-6-16-31(29)41)26-21-22-38-33(23-26)27-12-7-8-20-37(27)44-38/h3-24H,1-2H3. The van der Waals surface area contributed by atoms with Crippen molar-refractivity contribution in [3.63, 3.8) is 0 Å². The van der Waals surface area contributed by atoms with Gasteiger partial charge in [0.15, 0.2) is 0 Å².